The number of amides is 2. The lowest BCUT2D eigenvalue weighted by Crippen LogP contribution is -2.50. The van der Waals surface area contributed by atoms with Crippen molar-refractivity contribution in [3.63, 3.8) is 0 Å². The normalized spacial score (nSPS) is 11.9. The molecule has 0 fully saturated rings. The summed E-state index contributed by atoms with van der Waals surface area (Å²) in [6, 6.07) is 24.6. The molecule has 1 atom stereocenters. The molecule has 190 valence electrons. The van der Waals surface area contributed by atoms with Gasteiger partial charge in [-0.05, 0) is 42.3 Å². The van der Waals surface area contributed by atoms with Crippen LogP contribution in [0.2, 0.25) is 0 Å². The number of benzene rings is 3. The molecule has 0 aliphatic rings. The van der Waals surface area contributed by atoms with Crippen LogP contribution >= 0.6 is 0 Å². The number of anilines is 1. The smallest absolute Gasteiger partial charge is 0.244 e. The Labute approximate surface area is 212 Å². The predicted molar refractivity (Wildman–Crippen MR) is 140 cm³/mol. The molecule has 8 nitrogen and oxygen atoms in total. The molecule has 0 aromatic heterocycles. The number of sulfonamides is 1. The van der Waals surface area contributed by atoms with Gasteiger partial charge in [-0.1, -0.05) is 60.7 Å². The molecule has 0 radical (unpaired) electrons. The van der Waals surface area contributed by atoms with Gasteiger partial charge >= 0.3 is 0 Å². The predicted octanol–water partition coefficient (Wildman–Crippen LogP) is 3.19. The van der Waals surface area contributed by atoms with E-state index in [1.165, 1.54) is 11.9 Å². The molecule has 3 aromatic carbocycles. The van der Waals surface area contributed by atoms with Gasteiger partial charge in [-0.15, -0.1) is 0 Å². The van der Waals surface area contributed by atoms with Crippen molar-refractivity contribution in [1.82, 2.24) is 10.2 Å². The Kier molecular flexibility index (Phi) is 9.08. The molecule has 3 aromatic rings. The van der Waals surface area contributed by atoms with Crippen LogP contribution in [0.5, 0.6) is 5.75 Å². The summed E-state index contributed by atoms with van der Waals surface area (Å²) in [6.07, 6.45) is 1.05. The number of likely N-dealkylation sites (N-methyl/N-ethyl adjacent to an activating group) is 1. The monoisotopic (exact) mass is 509 g/mol. The number of carbonyl (C=O) groups excluding carboxylic acids is 2. The highest BCUT2D eigenvalue weighted by atomic mass is 32.2. The topological polar surface area (TPSA) is 96.0 Å². The molecule has 0 heterocycles. The third-order valence-corrected chi connectivity index (χ3v) is 6.80. The minimum absolute atomic E-state index is 0.165. The van der Waals surface area contributed by atoms with E-state index < -0.39 is 28.5 Å². The second-order valence-electron chi connectivity index (χ2n) is 8.34. The highest BCUT2D eigenvalue weighted by Gasteiger charge is 2.29. The van der Waals surface area contributed by atoms with Crippen LogP contribution in [0.4, 0.5) is 5.69 Å². The fourth-order valence-electron chi connectivity index (χ4n) is 3.63. The van der Waals surface area contributed by atoms with Gasteiger partial charge in [0.2, 0.25) is 21.8 Å². The summed E-state index contributed by atoms with van der Waals surface area (Å²) in [7, 11) is -2.30. The lowest BCUT2D eigenvalue weighted by Gasteiger charge is -2.31. The van der Waals surface area contributed by atoms with Crippen molar-refractivity contribution in [3.8, 4) is 5.75 Å². The second-order valence-corrected chi connectivity index (χ2v) is 10.2. The zero-order valence-electron chi connectivity index (χ0n) is 20.6. The molecular weight excluding hydrogens is 478 g/mol. The average Bonchev–Trinajstić information content (AvgIpc) is 2.89. The van der Waals surface area contributed by atoms with E-state index in [0.717, 1.165) is 21.7 Å². The number of ether oxygens (including phenoxy) is 1. The number of hydrogen-bond acceptors (Lipinski definition) is 5. The largest absolute Gasteiger partial charge is 0.489 e. The second kappa shape index (κ2) is 12.2. The van der Waals surface area contributed by atoms with Gasteiger partial charge < -0.3 is 15.0 Å². The van der Waals surface area contributed by atoms with Crippen LogP contribution in [0, 0.1) is 0 Å². The minimum atomic E-state index is -3.79. The molecule has 0 saturated carbocycles. The first-order valence-electron chi connectivity index (χ1n) is 11.5. The van der Waals surface area contributed by atoms with E-state index in [1.807, 2.05) is 60.7 Å². The van der Waals surface area contributed by atoms with E-state index in [2.05, 4.69) is 5.32 Å². The maximum Gasteiger partial charge on any atom is 0.244 e. The number of hydrogen-bond donors (Lipinski definition) is 1. The maximum absolute atomic E-state index is 13.4. The Hall–Kier alpha value is -3.85. The summed E-state index contributed by atoms with van der Waals surface area (Å²) >= 11 is 0. The van der Waals surface area contributed by atoms with E-state index in [-0.39, 0.29) is 12.5 Å². The molecule has 1 unspecified atom stereocenters. The van der Waals surface area contributed by atoms with Gasteiger partial charge in [0.05, 0.1) is 11.9 Å². The van der Waals surface area contributed by atoms with Crippen LogP contribution in [0.1, 0.15) is 18.1 Å². The van der Waals surface area contributed by atoms with E-state index in [9.17, 15) is 18.0 Å². The Bertz CT molecular complexity index is 1250. The summed E-state index contributed by atoms with van der Waals surface area (Å²) in [5.41, 5.74) is 2.16. The highest BCUT2D eigenvalue weighted by molar-refractivity contribution is 7.92. The highest BCUT2D eigenvalue weighted by Crippen LogP contribution is 2.23. The Morgan fingerprint density at radius 1 is 0.889 bits per heavy atom. The van der Waals surface area contributed by atoms with Crippen molar-refractivity contribution >= 4 is 27.5 Å². The molecule has 0 spiro atoms. The SMILES string of the molecule is CNC(=O)C(C)N(Cc1ccccc1)C(=O)CN(c1ccc(OCc2ccccc2)cc1)S(C)(=O)=O. The standard InChI is InChI=1S/C27H31N3O5S/c1-21(27(32)28-2)29(18-22-10-6-4-7-11-22)26(31)19-30(36(3,33)34)24-14-16-25(17-15-24)35-20-23-12-8-5-9-13-23/h4-17,21H,18-20H2,1-3H3,(H,28,32). The van der Waals surface area contributed by atoms with Crippen LogP contribution in [0.3, 0.4) is 0 Å². The first-order valence-corrected chi connectivity index (χ1v) is 13.3. The molecule has 0 aliphatic heterocycles. The van der Waals surface area contributed by atoms with Gasteiger partial charge in [0.15, 0.2) is 0 Å². The molecule has 0 bridgehead atoms. The summed E-state index contributed by atoms with van der Waals surface area (Å²) < 4.78 is 32.1. The van der Waals surface area contributed by atoms with Crippen LogP contribution in [0.15, 0.2) is 84.9 Å². The van der Waals surface area contributed by atoms with Gasteiger partial charge in [-0.25, -0.2) is 8.42 Å². The summed E-state index contributed by atoms with van der Waals surface area (Å²) in [4.78, 5) is 27.1. The lowest BCUT2D eigenvalue weighted by atomic mass is 10.1. The molecular formula is C27H31N3O5S. The summed E-state index contributed by atoms with van der Waals surface area (Å²) in [6.45, 7) is 1.71. The molecule has 3 rings (SSSR count). The van der Waals surface area contributed by atoms with Gasteiger partial charge in [-0.2, -0.15) is 0 Å². The average molecular weight is 510 g/mol. The fourth-order valence-corrected chi connectivity index (χ4v) is 4.48. The number of carbonyl (C=O) groups is 2. The van der Waals surface area contributed by atoms with E-state index in [4.69, 9.17) is 4.74 Å². The van der Waals surface area contributed by atoms with Crippen molar-refractivity contribution in [1.29, 1.82) is 0 Å². The molecule has 36 heavy (non-hydrogen) atoms. The van der Waals surface area contributed by atoms with E-state index in [0.29, 0.717) is 18.0 Å². The Morgan fingerprint density at radius 2 is 1.44 bits per heavy atom. The van der Waals surface area contributed by atoms with Crippen LogP contribution < -0.4 is 14.4 Å². The van der Waals surface area contributed by atoms with Gasteiger partial charge in [0.1, 0.15) is 24.9 Å². The fraction of sp³-hybridized carbons (Fsp3) is 0.259. The molecule has 0 aliphatic carbocycles. The van der Waals surface area contributed by atoms with Gasteiger partial charge in [0.25, 0.3) is 0 Å². The molecule has 9 heteroatoms. The Morgan fingerprint density at radius 3 is 1.97 bits per heavy atom. The van der Waals surface area contributed by atoms with Gasteiger partial charge in [0, 0.05) is 13.6 Å². The zero-order chi connectivity index (χ0) is 26.1. The quantitative estimate of drug-likeness (QED) is 0.428. The number of rotatable bonds is 11. The van der Waals surface area contributed by atoms with Gasteiger partial charge in [-0.3, -0.25) is 13.9 Å². The van der Waals surface area contributed by atoms with Crippen molar-refractivity contribution in [2.45, 2.75) is 26.1 Å². The van der Waals surface area contributed by atoms with E-state index in [1.54, 1.807) is 31.2 Å². The minimum Gasteiger partial charge on any atom is -0.489 e. The van der Waals surface area contributed by atoms with Crippen molar-refractivity contribution < 1.29 is 22.7 Å². The van der Waals surface area contributed by atoms with Crippen molar-refractivity contribution in [2.75, 3.05) is 24.2 Å². The van der Waals surface area contributed by atoms with Crippen molar-refractivity contribution in [2.24, 2.45) is 0 Å². The molecule has 0 saturated heterocycles. The maximum atomic E-state index is 13.4. The third-order valence-electron chi connectivity index (χ3n) is 5.66. The van der Waals surface area contributed by atoms with Crippen molar-refractivity contribution in [3.05, 3.63) is 96.1 Å². The number of nitrogens with zero attached hydrogens (tertiary/aromatic N) is 2. The first kappa shape index (κ1) is 26.7. The van der Waals surface area contributed by atoms with Crippen LogP contribution in [0.25, 0.3) is 0 Å². The van der Waals surface area contributed by atoms with Crippen LogP contribution in [-0.4, -0.2) is 51.0 Å². The third kappa shape index (κ3) is 7.32. The first-order chi connectivity index (χ1) is 17.2. The van der Waals surface area contributed by atoms with E-state index >= 15 is 0 Å². The number of nitrogens with one attached hydrogen (secondary N) is 1. The Balaban J connectivity index is 1.79. The molecule has 2 amide bonds. The lowest BCUT2D eigenvalue weighted by molar-refractivity contribution is -0.139. The van der Waals surface area contributed by atoms with Crippen LogP contribution in [-0.2, 0) is 32.8 Å². The molecule has 1 N–H and O–H groups in total. The summed E-state index contributed by atoms with van der Waals surface area (Å²) in [5.74, 6) is -0.267. The zero-order valence-corrected chi connectivity index (χ0v) is 21.4. The summed E-state index contributed by atoms with van der Waals surface area (Å²) in [5, 5.41) is 2.55.